The molecule has 2 aromatic carbocycles. The fraction of sp³-hybridized carbons (Fsp3) is 0.308. The summed E-state index contributed by atoms with van der Waals surface area (Å²) in [6, 6.07) is 8.22. The highest BCUT2D eigenvalue weighted by Gasteiger charge is 2.88. The zero-order valence-corrected chi connectivity index (χ0v) is 28.1. The van der Waals surface area contributed by atoms with E-state index in [0.717, 1.165) is 0 Å². The number of alkyl halides is 5. The molecule has 2 bridgehead atoms. The summed E-state index contributed by atoms with van der Waals surface area (Å²) in [4.78, 5) is 52.3. The fourth-order valence-corrected chi connectivity index (χ4v) is 9.38. The molecule has 0 radical (unpaired) electrons. The van der Waals surface area contributed by atoms with Gasteiger partial charge in [-0.3, -0.25) is 19.2 Å². The number of carbonyl (C=O) groups excluding carboxylic acids is 4. The second-order valence-corrected chi connectivity index (χ2v) is 14.6. The van der Waals surface area contributed by atoms with Gasteiger partial charge in [-0.2, -0.15) is 5.01 Å². The molecule has 3 amide bonds. The van der Waals surface area contributed by atoms with Crippen LogP contribution in [0.1, 0.15) is 27.1 Å². The largest absolute Gasteiger partial charge is 0.292 e. The van der Waals surface area contributed by atoms with Crippen molar-refractivity contribution in [2.75, 3.05) is 5.88 Å². The van der Waals surface area contributed by atoms with Crippen LogP contribution in [0.15, 0.2) is 52.5 Å². The van der Waals surface area contributed by atoms with Crippen molar-refractivity contribution in [3.05, 3.63) is 78.7 Å². The van der Waals surface area contributed by atoms with Gasteiger partial charge in [0.1, 0.15) is 15.8 Å². The third-order valence-corrected chi connectivity index (χ3v) is 12.9. The molecule has 5 rings (SSSR count). The zero-order valence-electron chi connectivity index (χ0n) is 20.5. The maximum atomic E-state index is 14.2. The van der Waals surface area contributed by atoms with E-state index in [1.54, 1.807) is 0 Å². The highest BCUT2D eigenvalue weighted by Crippen LogP contribution is 2.77. The maximum Gasteiger partial charge on any atom is 0.275 e. The first-order valence-electron chi connectivity index (χ1n) is 11.9. The lowest BCUT2D eigenvalue weighted by Gasteiger charge is -2.39. The molecule has 6 nitrogen and oxygen atoms in total. The highest BCUT2D eigenvalue weighted by molar-refractivity contribution is 6.67. The Morgan fingerprint density at radius 2 is 1.31 bits per heavy atom. The van der Waals surface area contributed by atoms with Gasteiger partial charge < -0.3 is 0 Å². The average molecular weight is 773 g/mol. The van der Waals surface area contributed by atoms with Crippen LogP contribution >= 0.6 is 116 Å². The molecule has 0 aromatic heterocycles. The number of nitrogens with zero attached hydrogens (tertiary/aromatic N) is 2. The number of amides is 3. The van der Waals surface area contributed by atoms with Gasteiger partial charge >= 0.3 is 0 Å². The Kier molecular flexibility index (Phi) is 8.82. The van der Waals surface area contributed by atoms with Gasteiger partial charge in [-0.25, -0.2) is 5.01 Å². The molecule has 16 heteroatoms. The van der Waals surface area contributed by atoms with E-state index in [1.165, 1.54) is 42.5 Å². The Morgan fingerprint density at radius 1 is 0.810 bits per heavy atom. The number of benzene rings is 2. The SMILES string of the molecule is O=C(c1ccc(Cl)cc1)[C@H](CCCl)N(C(=O)c1ccc(Cl)cc1Cl)N1C(=O)[C@H]2[C@H](C1=O)[C@@]1(Cl)C(Cl)=C(Cl)[C@@]2(Cl)C1(Cl)Cl. The predicted octanol–water partition coefficient (Wildman–Crippen LogP) is 8.33. The van der Waals surface area contributed by atoms with Crippen molar-refractivity contribution < 1.29 is 19.2 Å². The van der Waals surface area contributed by atoms with E-state index in [1.807, 2.05) is 0 Å². The molecular formula is C26H14Cl10N2O4. The Morgan fingerprint density at radius 3 is 1.79 bits per heavy atom. The van der Waals surface area contributed by atoms with Crippen LogP contribution < -0.4 is 0 Å². The Balaban J connectivity index is 1.69. The summed E-state index contributed by atoms with van der Waals surface area (Å²) in [7, 11) is 0. The lowest BCUT2D eigenvalue weighted by molar-refractivity contribution is -0.157. The van der Waals surface area contributed by atoms with E-state index in [9.17, 15) is 19.2 Å². The molecule has 0 N–H and O–H groups in total. The normalized spacial score (nSPS) is 28.4. The molecule has 0 unspecified atom stereocenters. The molecule has 2 fully saturated rings. The van der Waals surface area contributed by atoms with Gasteiger partial charge in [0.05, 0.1) is 32.5 Å². The molecule has 42 heavy (non-hydrogen) atoms. The van der Waals surface area contributed by atoms with Crippen LogP contribution in [0.25, 0.3) is 0 Å². The topological polar surface area (TPSA) is 74.8 Å². The first-order valence-corrected chi connectivity index (χ1v) is 15.8. The summed E-state index contributed by atoms with van der Waals surface area (Å²) in [5.74, 6) is -7.03. The molecule has 1 saturated heterocycles. The lowest BCUT2D eigenvalue weighted by Crippen LogP contribution is -2.60. The van der Waals surface area contributed by atoms with Crippen LogP contribution in [0, 0.1) is 11.8 Å². The molecule has 0 spiro atoms. The van der Waals surface area contributed by atoms with Gasteiger partial charge in [0, 0.05) is 21.5 Å². The number of ketones is 1. The second kappa shape index (κ2) is 11.3. The lowest BCUT2D eigenvalue weighted by atomic mass is 9.84. The number of hydrogen-bond acceptors (Lipinski definition) is 4. The number of fused-ring (bicyclic) bond motifs is 5. The summed E-state index contributed by atoms with van der Waals surface area (Å²) < 4.78 is -2.20. The monoisotopic (exact) mass is 768 g/mol. The van der Waals surface area contributed by atoms with Gasteiger partial charge in [-0.1, -0.05) is 81.2 Å². The third-order valence-electron chi connectivity index (χ3n) is 7.58. The smallest absolute Gasteiger partial charge is 0.275 e. The number of imide groups is 1. The van der Waals surface area contributed by atoms with Gasteiger partial charge in [0.15, 0.2) is 10.1 Å². The predicted molar refractivity (Wildman–Crippen MR) is 167 cm³/mol. The molecule has 2 aliphatic carbocycles. The minimum absolute atomic E-state index is 0.114. The number of allylic oxidation sites excluding steroid dienone is 2. The van der Waals surface area contributed by atoms with E-state index in [2.05, 4.69) is 0 Å². The van der Waals surface area contributed by atoms with Crippen LogP contribution in [0.3, 0.4) is 0 Å². The molecular weight excluding hydrogens is 759 g/mol. The number of hydrazine groups is 1. The number of carbonyl (C=O) groups is 4. The number of halogens is 10. The van der Waals surface area contributed by atoms with Crippen molar-refractivity contribution in [3.8, 4) is 0 Å². The Hall–Kier alpha value is -0.640. The Labute approximate surface area is 289 Å². The maximum absolute atomic E-state index is 14.2. The number of Topliss-reactive ketones (excluding diaryl/α,β-unsaturated/α-hetero) is 1. The molecule has 5 atom stereocenters. The van der Waals surface area contributed by atoms with Crippen molar-refractivity contribution in [2.45, 2.75) is 26.5 Å². The van der Waals surface area contributed by atoms with Crippen molar-refractivity contribution >= 4 is 140 Å². The van der Waals surface area contributed by atoms with Crippen LogP contribution in [0.4, 0.5) is 0 Å². The fourth-order valence-electron chi connectivity index (χ4n) is 5.63. The van der Waals surface area contributed by atoms with Crippen molar-refractivity contribution in [1.82, 2.24) is 10.0 Å². The van der Waals surface area contributed by atoms with Crippen LogP contribution in [0.2, 0.25) is 15.1 Å². The van der Waals surface area contributed by atoms with E-state index in [-0.39, 0.29) is 43.5 Å². The summed E-state index contributed by atoms with van der Waals surface area (Å²) in [6.45, 7) is 0. The summed E-state index contributed by atoms with van der Waals surface area (Å²) in [6.07, 6.45) is -0.195. The van der Waals surface area contributed by atoms with Crippen LogP contribution in [0.5, 0.6) is 0 Å². The molecule has 1 saturated carbocycles. The number of hydrogen-bond donors (Lipinski definition) is 0. The van der Waals surface area contributed by atoms with Gasteiger partial charge in [-0.05, 0) is 48.9 Å². The van der Waals surface area contributed by atoms with Crippen molar-refractivity contribution in [2.24, 2.45) is 11.8 Å². The standard InChI is InChI=1S/C26H14Cl10N2O4/c27-8-7-15(18(39)10-1-3-11(28)4-2-10)37(21(40)13-6-5-12(29)9-14(13)30)38-22(41)16-17(23(38)42)25(34)20(32)19(31)24(16,33)26(25,35)36/h1-6,9,15-17H,7-8H2/t15-,16+,17+,24+,25+/m0/s1. The zero-order chi connectivity index (χ0) is 31.1. The Bertz CT molecular complexity index is 1540. The van der Waals surface area contributed by atoms with Gasteiger partial charge in [-0.15, -0.1) is 34.8 Å². The molecule has 2 aromatic rings. The highest BCUT2D eigenvalue weighted by atomic mass is 35.5. The first kappa shape index (κ1) is 32.7. The summed E-state index contributed by atoms with van der Waals surface area (Å²) in [5.41, 5.74) is -0.0608. The molecule has 1 aliphatic heterocycles. The quantitative estimate of drug-likeness (QED) is 0.161. The molecule has 3 aliphatic rings. The van der Waals surface area contributed by atoms with E-state index in [0.29, 0.717) is 15.0 Å². The van der Waals surface area contributed by atoms with Crippen LogP contribution in [-0.2, 0) is 9.59 Å². The summed E-state index contributed by atoms with van der Waals surface area (Å²) >= 11 is 64.2. The number of rotatable bonds is 7. The summed E-state index contributed by atoms with van der Waals surface area (Å²) in [5, 5.41) is 1.01. The molecule has 222 valence electrons. The molecule has 1 heterocycles. The van der Waals surface area contributed by atoms with Gasteiger partial charge in [0.25, 0.3) is 17.7 Å². The van der Waals surface area contributed by atoms with Crippen molar-refractivity contribution in [1.29, 1.82) is 0 Å². The van der Waals surface area contributed by atoms with Crippen LogP contribution in [-0.4, -0.2) is 59.5 Å². The van der Waals surface area contributed by atoms with Gasteiger partial charge in [0.2, 0.25) is 0 Å². The second-order valence-electron chi connectivity index (χ2n) is 9.71. The third kappa shape index (κ3) is 4.35. The minimum Gasteiger partial charge on any atom is -0.292 e. The van der Waals surface area contributed by atoms with Crippen molar-refractivity contribution in [3.63, 3.8) is 0 Å². The first-order chi connectivity index (χ1) is 19.6. The van der Waals surface area contributed by atoms with E-state index < -0.39 is 55.5 Å². The van der Waals surface area contributed by atoms with E-state index >= 15 is 0 Å². The minimum atomic E-state index is -2.20. The average Bonchev–Trinajstić information content (AvgIpc) is 3.31. The van der Waals surface area contributed by atoms with E-state index in [4.69, 9.17) is 116 Å².